The number of thiophene rings is 1. The molecule has 0 aliphatic heterocycles. The molecule has 20 heavy (non-hydrogen) atoms. The highest BCUT2D eigenvalue weighted by molar-refractivity contribution is 9.09. The molecule has 1 aromatic heterocycles. The molecule has 1 unspecified atom stereocenters. The van der Waals surface area contributed by atoms with E-state index >= 15 is 0 Å². The molecule has 0 N–H and O–H groups in total. The zero-order valence-electron chi connectivity index (χ0n) is 11.1. The van der Waals surface area contributed by atoms with E-state index in [4.69, 9.17) is 0 Å². The third kappa shape index (κ3) is 2.02. The summed E-state index contributed by atoms with van der Waals surface area (Å²) in [4.78, 5) is 0.450. The lowest BCUT2D eigenvalue weighted by molar-refractivity contribution is 0.557. The highest BCUT2D eigenvalue weighted by Crippen LogP contribution is 2.44. The summed E-state index contributed by atoms with van der Waals surface area (Å²) < 4.78 is 1.39. The number of hydrogen-bond acceptors (Lipinski definition) is 1. The first-order chi connectivity index (χ1) is 9.83. The zero-order valence-corrected chi connectivity index (χ0v) is 13.5. The highest BCUT2D eigenvalue weighted by Gasteiger charge is 2.29. The molecule has 1 aliphatic rings. The summed E-state index contributed by atoms with van der Waals surface area (Å²) >= 11 is 5.83. The van der Waals surface area contributed by atoms with Crippen molar-refractivity contribution in [2.75, 3.05) is 0 Å². The van der Waals surface area contributed by atoms with Crippen LogP contribution in [0.1, 0.15) is 21.5 Å². The molecule has 0 saturated carbocycles. The molecule has 0 saturated heterocycles. The summed E-state index contributed by atoms with van der Waals surface area (Å²) in [7, 11) is 0. The first kappa shape index (κ1) is 12.6. The van der Waals surface area contributed by atoms with Crippen molar-refractivity contribution in [2.45, 2.75) is 17.7 Å². The number of halogens is 1. The van der Waals surface area contributed by atoms with Crippen LogP contribution in [-0.4, -0.2) is 0 Å². The van der Waals surface area contributed by atoms with Gasteiger partial charge in [-0.2, -0.15) is 0 Å². The Kier molecular flexibility index (Phi) is 3.16. The molecule has 2 aromatic carbocycles. The molecule has 3 aromatic rings. The van der Waals surface area contributed by atoms with Crippen molar-refractivity contribution in [2.24, 2.45) is 5.92 Å². The molecule has 0 bridgehead atoms. The summed E-state index contributed by atoms with van der Waals surface area (Å²) in [5, 5.41) is 3.74. The Morgan fingerprint density at radius 1 is 0.950 bits per heavy atom. The SMILES string of the molecule is BrC(c1csc2ccccc12)C1Cc2ccccc2C1. The van der Waals surface area contributed by atoms with Crippen molar-refractivity contribution in [3.05, 3.63) is 70.6 Å². The highest BCUT2D eigenvalue weighted by atomic mass is 79.9. The Morgan fingerprint density at radius 3 is 2.35 bits per heavy atom. The molecule has 1 heterocycles. The maximum absolute atomic E-state index is 3.98. The van der Waals surface area contributed by atoms with E-state index in [1.165, 1.54) is 39.6 Å². The molecule has 1 atom stereocenters. The lowest BCUT2D eigenvalue weighted by Gasteiger charge is -2.16. The molecule has 0 amide bonds. The molecule has 0 nitrogen and oxygen atoms in total. The Bertz CT molecular complexity index is 734. The second kappa shape index (κ2) is 5.01. The fourth-order valence-corrected chi connectivity index (χ4v) is 5.19. The van der Waals surface area contributed by atoms with E-state index < -0.39 is 0 Å². The van der Waals surface area contributed by atoms with Crippen molar-refractivity contribution >= 4 is 37.4 Å². The minimum atomic E-state index is 0.450. The van der Waals surface area contributed by atoms with Gasteiger partial charge in [-0.05, 0) is 52.3 Å². The number of alkyl halides is 1. The predicted octanol–water partition coefficient (Wildman–Crippen LogP) is 5.75. The summed E-state index contributed by atoms with van der Waals surface area (Å²) in [6.07, 6.45) is 2.38. The summed E-state index contributed by atoms with van der Waals surface area (Å²) in [6.45, 7) is 0. The monoisotopic (exact) mass is 342 g/mol. The second-order valence-electron chi connectivity index (χ2n) is 5.53. The number of fused-ring (bicyclic) bond motifs is 2. The average molecular weight is 343 g/mol. The van der Waals surface area contributed by atoms with Crippen LogP contribution in [0.15, 0.2) is 53.9 Å². The van der Waals surface area contributed by atoms with Crippen molar-refractivity contribution in [1.29, 1.82) is 0 Å². The molecule has 1 aliphatic carbocycles. The first-order valence-electron chi connectivity index (χ1n) is 7.00. The topological polar surface area (TPSA) is 0 Å². The van der Waals surface area contributed by atoms with Crippen molar-refractivity contribution < 1.29 is 0 Å². The van der Waals surface area contributed by atoms with E-state index in [0.29, 0.717) is 10.7 Å². The van der Waals surface area contributed by atoms with Gasteiger partial charge in [0.1, 0.15) is 0 Å². The van der Waals surface area contributed by atoms with E-state index in [1.54, 1.807) is 0 Å². The van der Waals surface area contributed by atoms with Gasteiger partial charge < -0.3 is 0 Å². The van der Waals surface area contributed by atoms with E-state index in [9.17, 15) is 0 Å². The molecule has 0 fully saturated rings. The third-order valence-electron chi connectivity index (χ3n) is 4.30. The predicted molar refractivity (Wildman–Crippen MR) is 90.8 cm³/mol. The van der Waals surface area contributed by atoms with Crippen LogP contribution in [0, 0.1) is 5.92 Å². The summed E-state index contributed by atoms with van der Waals surface area (Å²) in [6, 6.07) is 17.6. The minimum absolute atomic E-state index is 0.450. The molecular weight excluding hydrogens is 328 g/mol. The van der Waals surface area contributed by atoms with Gasteiger partial charge in [0, 0.05) is 9.53 Å². The number of rotatable bonds is 2. The zero-order chi connectivity index (χ0) is 13.5. The Hall–Kier alpha value is -1.12. The van der Waals surface area contributed by atoms with Crippen LogP contribution in [-0.2, 0) is 12.8 Å². The van der Waals surface area contributed by atoms with Gasteiger partial charge in [-0.25, -0.2) is 0 Å². The maximum atomic E-state index is 3.98. The minimum Gasteiger partial charge on any atom is -0.143 e. The standard InChI is InChI=1S/C18H15BrS/c19-18(14-9-12-5-1-2-6-13(12)10-14)16-11-20-17-8-4-3-7-15(16)17/h1-8,11,14,18H,9-10H2. The second-order valence-corrected chi connectivity index (χ2v) is 7.42. The van der Waals surface area contributed by atoms with Crippen LogP contribution in [0.4, 0.5) is 0 Å². The van der Waals surface area contributed by atoms with E-state index in [2.05, 4.69) is 69.8 Å². The van der Waals surface area contributed by atoms with E-state index in [0.717, 1.165) is 0 Å². The molecule has 100 valence electrons. The van der Waals surface area contributed by atoms with Crippen LogP contribution in [0.3, 0.4) is 0 Å². The van der Waals surface area contributed by atoms with Gasteiger partial charge in [0.25, 0.3) is 0 Å². The normalized spacial score (nSPS) is 16.4. The van der Waals surface area contributed by atoms with E-state index in [-0.39, 0.29) is 0 Å². The third-order valence-corrected chi connectivity index (χ3v) is 6.53. The van der Waals surface area contributed by atoms with Crippen molar-refractivity contribution in [3.63, 3.8) is 0 Å². The van der Waals surface area contributed by atoms with Gasteiger partial charge in [-0.15, -0.1) is 11.3 Å². The molecule has 2 heteroatoms. The van der Waals surface area contributed by atoms with Gasteiger partial charge in [-0.3, -0.25) is 0 Å². The lowest BCUT2D eigenvalue weighted by atomic mass is 9.96. The first-order valence-corrected chi connectivity index (χ1v) is 8.79. The van der Waals surface area contributed by atoms with Gasteiger partial charge >= 0.3 is 0 Å². The van der Waals surface area contributed by atoms with Gasteiger partial charge in [0.2, 0.25) is 0 Å². The largest absolute Gasteiger partial charge is 0.143 e. The van der Waals surface area contributed by atoms with Gasteiger partial charge in [-0.1, -0.05) is 58.4 Å². The fraction of sp³-hybridized carbons (Fsp3) is 0.222. The van der Waals surface area contributed by atoms with Crippen molar-refractivity contribution in [1.82, 2.24) is 0 Å². The van der Waals surface area contributed by atoms with Crippen molar-refractivity contribution in [3.8, 4) is 0 Å². The van der Waals surface area contributed by atoms with Crippen LogP contribution >= 0.6 is 27.3 Å². The van der Waals surface area contributed by atoms with Crippen LogP contribution in [0.2, 0.25) is 0 Å². The number of hydrogen-bond donors (Lipinski definition) is 0. The Balaban J connectivity index is 1.67. The maximum Gasteiger partial charge on any atom is 0.0444 e. The lowest BCUT2D eigenvalue weighted by Crippen LogP contribution is -2.07. The molecular formula is C18H15BrS. The smallest absolute Gasteiger partial charge is 0.0444 e. The van der Waals surface area contributed by atoms with Crippen LogP contribution in [0.5, 0.6) is 0 Å². The van der Waals surface area contributed by atoms with Crippen LogP contribution < -0.4 is 0 Å². The van der Waals surface area contributed by atoms with E-state index in [1.807, 2.05) is 11.3 Å². The number of benzene rings is 2. The Labute approximate surface area is 131 Å². The summed E-state index contributed by atoms with van der Waals surface area (Å²) in [5.74, 6) is 0.672. The fourth-order valence-electron chi connectivity index (χ4n) is 3.27. The molecule has 4 rings (SSSR count). The van der Waals surface area contributed by atoms with Gasteiger partial charge in [0.15, 0.2) is 0 Å². The Morgan fingerprint density at radius 2 is 1.60 bits per heavy atom. The molecule has 0 radical (unpaired) electrons. The molecule has 0 spiro atoms. The van der Waals surface area contributed by atoms with Gasteiger partial charge in [0.05, 0.1) is 0 Å². The quantitative estimate of drug-likeness (QED) is 0.520. The van der Waals surface area contributed by atoms with Crippen LogP contribution in [0.25, 0.3) is 10.1 Å². The summed E-state index contributed by atoms with van der Waals surface area (Å²) in [5.41, 5.74) is 4.52. The average Bonchev–Trinajstić information content (AvgIpc) is 3.10.